The molecule has 0 atom stereocenters. The fraction of sp³-hybridized carbons (Fsp3) is 0.375. The zero-order chi connectivity index (χ0) is 16.2. The van der Waals surface area contributed by atoms with Gasteiger partial charge in [0.2, 0.25) is 0 Å². The number of allylic oxidation sites excluding steroid dienone is 2. The molecular formula is C16H19BF2N2O. The summed E-state index contributed by atoms with van der Waals surface area (Å²) in [6.45, 7) is 2.96. The van der Waals surface area contributed by atoms with Gasteiger partial charge in [0.05, 0.1) is 0 Å². The van der Waals surface area contributed by atoms with Gasteiger partial charge in [0.1, 0.15) is 11.5 Å². The Labute approximate surface area is 128 Å². The first-order chi connectivity index (χ1) is 10.2. The molecule has 0 radical (unpaired) electrons. The van der Waals surface area contributed by atoms with Gasteiger partial charge >= 0.3 is 6.97 Å². The maximum Gasteiger partial charge on any atom is 0.737 e. The predicted molar refractivity (Wildman–Crippen MR) is 84.2 cm³/mol. The lowest BCUT2D eigenvalue weighted by atomic mass is 9.89. The van der Waals surface area contributed by atoms with E-state index < -0.39 is 6.97 Å². The minimum Gasteiger partial charge on any atom is -0.394 e. The number of hydrogen-bond donors (Lipinski definition) is 0. The van der Waals surface area contributed by atoms with Crippen LogP contribution in [-0.4, -0.2) is 27.4 Å². The molecule has 0 aliphatic carbocycles. The van der Waals surface area contributed by atoms with Crippen LogP contribution in [0.2, 0.25) is 0 Å². The van der Waals surface area contributed by atoms with Crippen molar-refractivity contribution in [3.8, 4) is 0 Å². The molecule has 0 spiro atoms. The van der Waals surface area contributed by atoms with Crippen molar-refractivity contribution in [1.82, 2.24) is 4.48 Å². The monoisotopic (exact) mass is 304 g/mol. The summed E-state index contributed by atoms with van der Waals surface area (Å²) in [6, 6.07) is 1.79. The van der Waals surface area contributed by atoms with Crippen LogP contribution in [0.3, 0.4) is 0 Å². The number of ketones is 1. The summed E-state index contributed by atoms with van der Waals surface area (Å²) in [7, 11) is 0. The first-order valence-electron chi connectivity index (χ1n) is 7.49. The van der Waals surface area contributed by atoms with Gasteiger partial charge in [-0.1, -0.05) is 0 Å². The van der Waals surface area contributed by atoms with Crippen molar-refractivity contribution >= 4 is 24.5 Å². The summed E-state index contributed by atoms with van der Waals surface area (Å²) >= 11 is 0. The van der Waals surface area contributed by atoms with Crippen LogP contribution in [0, 0.1) is 13.8 Å². The lowest BCUT2D eigenvalue weighted by Gasteiger charge is -2.31. The van der Waals surface area contributed by atoms with Gasteiger partial charge in [-0.25, -0.2) is 0 Å². The molecule has 6 heteroatoms. The molecule has 0 N–H and O–H groups in total. The number of halogens is 2. The smallest absolute Gasteiger partial charge is 0.394 e. The quantitative estimate of drug-likeness (QED) is 0.785. The Kier molecular flexibility index (Phi) is 3.23. The predicted octanol–water partition coefficient (Wildman–Crippen LogP) is 3.46. The lowest BCUT2D eigenvalue weighted by molar-refractivity contribution is -0.363. The van der Waals surface area contributed by atoms with E-state index in [0.29, 0.717) is 29.2 Å². The number of aromatic nitrogens is 1. The van der Waals surface area contributed by atoms with E-state index in [1.165, 1.54) is 6.92 Å². The molecule has 3 nitrogen and oxygen atoms in total. The van der Waals surface area contributed by atoms with Crippen molar-refractivity contribution in [3.63, 3.8) is 0 Å². The SMILES string of the molecule is CC(=O)CCC1=[N+]2C(=Cc3c(C)cc(C)n3[B-]2(F)F)C(C)=C1. The van der Waals surface area contributed by atoms with Crippen molar-refractivity contribution in [3.05, 3.63) is 40.4 Å². The van der Waals surface area contributed by atoms with Crippen LogP contribution in [-0.2, 0) is 4.79 Å². The largest absolute Gasteiger partial charge is 0.737 e. The van der Waals surface area contributed by atoms with E-state index >= 15 is 8.63 Å². The van der Waals surface area contributed by atoms with Crippen LogP contribution in [0.5, 0.6) is 0 Å². The van der Waals surface area contributed by atoms with Gasteiger partial charge in [-0.05, 0) is 45.0 Å². The Bertz CT molecular complexity index is 784. The summed E-state index contributed by atoms with van der Waals surface area (Å²) in [4.78, 5) is 11.2. The molecular weight excluding hydrogens is 285 g/mol. The third-order valence-electron chi connectivity index (χ3n) is 4.45. The molecule has 3 rings (SSSR count). The van der Waals surface area contributed by atoms with E-state index in [1.54, 1.807) is 19.1 Å². The number of Topliss-reactive ketones (excluding diaryl/α,β-unsaturated/α-hetero) is 1. The number of fused-ring (bicyclic) bond motifs is 2. The number of aryl methyl sites for hydroxylation is 2. The van der Waals surface area contributed by atoms with E-state index in [1.807, 2.05) is 19.9 Å². The second-order valence-electron chi connectivity index (χ2n) is 6.23. The van der Waals surface area contributed by atoms with E-state index in [-0.39, 0.29) is 12.2 Å². The molecule has 0 saturated heterocycles. The van der Waals surface area contributed by atoms with Gasteiger partial charge in [0.25, 0.3) is 0 Å². The zero-order valence-electron chi connectivity index (χ0n) is 13.3. The highest BCUT2D eigenvalue weighted by Crippen LogP contribution is 2.37. The Hall–Kier alpha value is -1.98. The lowest BCUT2D eigenvalue weighted by Crippen LogP contribution is -2.50. The summed E-state index contributed by atoms with van der Waals surface area (Å²) in [5, 5.41) is 0. The summed E-state index contributed by atoms with van der Waals surface area (Å²) in [5.41, 5.74) is 3.90. The van der Waals surface area contributed by atoms with Crippen LogP contribution >= 0.6 is 0 Å². The van der Waals surface area contributed by atoms with Gasteiger partial charge in [0, 0.05) is 36.3 Å². The number of carbonyl (C=O) groups excluding carboxylic acids is 1. The van der Waals surface area contributed by atoms with Crippen molar-refractivity contribution < 1.29 is 17.9 Å². The summed E-state index contributed by atoms with van der Waals surface area (Å²) < 4.78 is 32.6. The molecule has 0 saturated carbocycles. The van der Waals surface area contributed by atoms with Crippen molar-refractivity contribution in [2.24, 2.45) is 0 Å². The highest BCUT2D eigenvalue weighted by Gasteiger charge is 2.53. The van der Waals surface area contributed by atoms with Crippen LogP contribution in [0.25, 0.3) is 6.08 Å². The van der Waals surface area contributed by atoms with Crippen molar-refractivity contribution in [2.75, 3.05) is 0 Å². The first kappa shape index (κ1) is 14.9. The minimum atomic E-state index is -3.92. The van der Waals surface area contributed by atoms with Crippen LogP contribution in [0.1, 0.15) is 43.6 Å². The van der Waals surface area contributed by atoms with Crippen LogP contribution in [0.4, 0.5) is 8.63 Å². The van der Waals surface area contributed by atoms with Gasteiger partial charge < -0.3 is 22.4 Å². The molecule has 0 unspecified atom stereocenters. The van der Waals surface area contributed by atoms with E-state index in [9.17, 15) is 4.79 Å². The fourth-order valence-electron chi connectivity index (χ4n) is 3.46. The standard InChI is InChI=1S/C16H19BF2N2O/c1-10-7-12(3)20-15(10)9-16-11(2)8-14(6-5-13(4)22)21(16)17(20,18)19/h7-9H,5-6H2,1-4H3. The summed E-state index contributed by atoms with van der Waals surface area (Å²) in [5.74, 6) is 0.0116. The molecule has 116 valence electrons. The molecule has 0 bridgehead atoms. The van der Waals surface area contributed by atoms with E-state index in [0.717, 1.165) is 20.1 Å². The third-order valence-corrected chi connectivity index (χ3v) is 4.45. The molecule has 1 aromatic heterocycles. The molecule has 0 fully saturated rings. The van der Waals surface area contributed by atoms with Crippen LogP contribution in [0.15, 0.2) is 23.4 Å². The molecule has 2 aliphatic rings. The van der Waals surface area contributed by atoms with E-state index in [2.05, 4.69) is 0 Å². The van der Waals surface area contributed by atoms with E-state index in [4.69, 9.17) is 0 Å². The molecule has 3 heterocycles. The van der Waals surface area contributed by atoms with Crippen molar-refractivity contribution in [2.45, 2.75) is 40.5 Å². The molecule has 1 aromatic rings. The van der Waals surface area contributed by atoms with Gasteiger partial charge in [-0.3, -0.25) is 0 Å². The Morgan fingerprint density at radius 1 is 1.27 bits per heavy atom. The average Bonchev–Trinajstić information content (AvgIpc) is 2.87. The first-order valence-corrected chi connectivity index (χ1v) is 7.49. The Morgan fingerprint density at radius 2 is 1.95 bits per heavy atom. The zero-order valence-corrected chi connectivity index (χ0v) is 13.3. The van der Waals surface area contributed by atoms with Crippen LogP contribution < -0.4 is 0 Å². The number of rotatable bonds is 3. The Morgan fingerprint density at radius 3 is 2.59 bits per heavy atom. The molecule has 2 aliphatic heterocycles. The third kappa shape index (κ3) is 2.01. The molecule has 22 heavy (non-hydrogen) atoms. The maximum atomic E-state index is 15.1. The highest BCUT2D eigenvalue weighted by atomic mass is 19.2. The fourth-order valence-corrected chi connectivity index (χ4v) is 3.46. The number of hydrogen-bond acceptors (Lipinski definition) is 1. The summed E-state index contributed by atoms with van der Waals surface area (Å²) in [6.07, 6.45) is 4.23. The average molecular weight is 304 g/mol. The molecule has 0 amide bonds. The normalized spacial score (nSPS) is 18.8. The second kappa shape index (κ2) is 4.76. The van der Waals surface area contributed by atoms with Crippen molar-refractivity contribution in [1.29, 1.82) is 0 Å². The maximum absolute atomic E-state index is 15.1. The second-order valence-corrected chi connectivity index (χ2v) is 6.23. The van der Waals surface area contributed by atoms with Gasteiger partial charge in [0.15, 0.2) is 5.70 Å². The molecule has 0 aromatic carbocycles. The number of carbonyl (C=O) groups is 1. The van der Waals surface area contributed by atoms with Gasteiger partial charge in [-0.15, -0.1) is 0 Å². The topological polar surface area (TPSA) is 25.0 Å². The minimum absolute atomic E-state index is 0.0116. The highest BCUT2D eigenvalue weighted by molar-refractivity contribution is 6.58. The van der Waals surface area contributed by atoms with Gasteiger partial charge in [-0.2, -0.15) is 0 Å². The Balaban J connectivity index is 2.19. The number of nitrogens with zero attached hydrogens (tertiary/aromatic N) is 2.